The summed E-state index contributed by atoms with van der Waals surface area (Å²) in [6.07, 6.45) is 0. The highest BCUT2D eigenvalue weighted by Gasteiger charge is 2.08. The van der Waals surface area contributed by atoms with Crippen LogP contribution in [-0.2, 0) is 13.1 Å². The molecular weight excluding hydrogens is 454 g/mol. The molecule has 0 saturated carbocycles. The Morgan fingerprint density at radius 3 is 2.44 bits per heavy atom. The Morgan fingerprint density at radius 1 is 1.11 bits per heavy atom. The van der Waals surface area contributed by atoms with E-state index in [1.807, 2.05) is 31.1 Å². The van der Waals surface area contributed by atoms with Crippen LogP contribution in [0.3, 0.4) is 0 Å². The van der Waals surface area contributed by atoms with E-state index in [0.29, 0.717) is 24.6 Å². The Labute approximate surface area is 179 Å². The van der Waals surface area contributed by atoms with Crippen molar-refractivity contribution in [1.29, 1.82) is 0 Å². The van der Waals surface area contributed by atoms with E-state index in [1.165, 1.54) is 11.6 Å². The van der Waals surface area contributed by atoms with Gasteiger partial charge in [-0.05, 0) is 43.3 Å². The number of benzene rings is 2. The summed E-state index contributed by atoms with van der Waals surface area (Å²) < 4.78 is 13.9. The lowest BCUT2D eigenvalue weighted by Crippen LogP contribution is -2.38. The minimum Gasteiger partial charge on any atom is -0.356 e. The fraction of sp³-hybridized carbons (Fsp3) is 0.381. The molecule has 2 N–H and O–H groups in total. The van der Waals surface area contributed by atoms with Crippen molar-refractivity contribution in [2.75, 3.05) is 27.7 Å². The van der Waals surface area contributed by atoms with Gasteiger partial charge < -0.3 is 15.5 Å². The lowest BCUT2D eigenvalue weighted by atomic mass is 10.0. The van der Waals surface area contributed by atoms with Crippen molar-refractivity contribution >= 4 is 29.9 Å². The Bertz CT molecular complexity index is 719. The van der Waals surface area contributed by atoms with Crippen LogP contribution < -0.4 is 10.6 Å². The summed E-state index contributed by atoms with van der Waals surface area (Å²) in [6.45, 7) is 4.16. The van der Waals surface area contributed by atoms with Crippen molar-refractivity contribution in [3.8, 4) is 0 Å². The number of halogens is 2. The average Bonchev–Trinajstić information content (AvgIpc) is 2.64. The maximum Gasteiger partial charge on any atom is 0.191 e. The van der Waals surface area contributed by atoms with Crippen LogP contribution in [0.4, 0.5) is 4.39 Å². The van der Waals surface area contributed by atoms with Crippen LogP contribution in [0.15, 0.2) is 53.5 Å². The SMILES string of the molecule is CN=C(NCc1ccc(F)c(CN(C)C)c1)NCC(C)c1ccccc1.I. The van der Waals surface area contributed by atoms with Gasteiger partial charge in [0.05, 0.1) is 0 Å². The number of rotatable bonds is 7. The normalized spacial score (nSPS) is 12.4. The third-order valence-corrected chi connectivity index (χ3v) is 4.22. The van der Waals surface area contributed by atoms with Crippen LogP contribution in [0.2, 0.25) is 0 Å². The van der Waals surface area contributed by atoms with Gasteiger partial charge in [0.1, 0.15) is 5.82 Å². The van der Waals surface area contributed by atoms with Gasteiger partial charge in [0.15, 0.2) is 5.96 Å². The molecule has 0 fully saturated rings. The predicted octanol–water partition coefficient (Wildman–Crippen LogP) is 3.97. The number of nitrogens with zero attached hydrogens (tertiary/aromatic N) is 2. The second-order valence-electron chi connectivity index (χ2n) is 6.78. The lowest BCUT2D eigenvalue weighted by molar-refractivity contribution is 0.392. The summed E-state index contributed by atoms with van der Waals surface area (Å²) in [7, 11) is 5.62. The molecule has 0 bridgehead atoms. The van der Waals surface area contributed by atoms with Crippen molar-refractivity contribution in [2.45, 2.75) is 25.9 Å². The first kappa shape index (κ1) is 23.4. The summed E-state index contributed by atoms with van der Waals surface area (Å²) in [5.74, 6) is 0.958. The zero-order chi connectivity index (χ0) is 18.9. The van der Waals surface area contributed by atoms with E-state index < -0.39 is 0 Å². The molecule has 27 heavy (non-hydrogen) atoms. The first-order valence-corrected chi connectivity index (χ1v) is 8.91. The monoisotopic (exact) mass is 484 g/mol. The predicted molar refractivity (Wildman–Crippen MR) is 122 cm³/mol. The van der Waals surface area contributed by atoms with E-state index in [0.717, 1.165) is 18.1 Å². The van der Waals surface area contributed by atoms with Gasteiger partial charge in [-0.2, -0.15) is 0 Å². The van der Waals surface area contributed by atoms with Gasteiger partial charge in [0, 0.05) is 32.2 Å². The highest BCUT2D eigenvalue weighted by molar-refractivity contribution is 14.0. The molecule has 0 aliphatic carbocycles. The minimum absolute atomic E-state index is 0. The molecule has 0 saturated heterocycles. The van der Waals surface area contributed by atoms with E-state index in [-0.39, 0.29) is 29.8 Å². The van der Waals surface area contributed by atoms with Crippen molar-refractivity contribution in [3.05, 3.63) is 71.0 Å². The second-order valence-corrected chi connectivity index (χ2v) is 6.78. The van der Waals surface area contributed by atoms with E-state index >= 15 is 0 Å². The lowest BCUT2D eigenvalue weighted by Gasteiger charge is -2.17. The van der Waals surface area contributed by atoms with Gasteiger partial charge in [0.25, 0.3) is 0 Å². The smallest absolute Gasteiger partial charge is 0.191 e. The van der Waals surface area contributed by atoms with E-state index in [9.17, 15) is 4.39 Å². The van der Waals surface area contributed by atoms with Crippen LogP contribution in [0.1, 0.15) is 29.5 Å². The van der Waals surface area contributed by atoms with Crippen molar-refractivity contribution in [2.24, 2.45) is 4.99 Å². The van der Waals surface area contributed by atoms with E-state index in [4.69, 9.17) is 0 Å². The standard InChI is InChI=1S/C21H29FN4.HI/c1-16(18-8-6-5-7-9-18)13-24-21(23-2)25-14-17-10-11-20(22)19(12-17)15-26(3)4;/h5-12,16H,13-15H2,1-4H3,(H2,23,24,25);1H. The Morgan fingerprint density at radius 2 is 1.81 bits per heavy atom. The molecule has 4 nitrogen and oxygen atoms in total. The fourth-order valence-corrected chi connectivity index (χ4v) is 2.76. The maximum atomic E-state index is 13.9. The van der Waals surface area contributed by atoms with Gasteiger partial charge in [0.2, 0.25) is 0 Å². The van der Waals surface area contributed by atoms with E-state index in [1.54, 1.807) is 13.1 Å². The van der Waals surface area contributed by atoms with E-state index in [2.05, 4.69) is 46.8 Å². The van der Waals surface area contributed by atoms with Crippen molar-refractivity contribution in [1.82, 2.24) is 15.5 Å². The molecule has 1 atom stereocenters. The molecule has 2 aromatic rings. The van der Waals surface area contributed by atoms with Crippen molar-refractivity contribution in [3.63, 3.8) is 0 Å². The summed E-state index contributed by atoms with van der Waals surface area (Å²) in [6, 6.07) is 15.6. The fourth-order valence-electron chi connectivity index (χ4n) is 2.76. The van der Waals surface area contributed by atoms with Gasteiger partial charge in [-0.3, -0.25) is 4.99 Å². The molecule has 148 valence electrons. The number of guanidine groups is 1. The molecule has 0 heterocycles. The van der Waals surface area contributed by atoms with Crippen molar-refractivity contribution < 1.29 is 4.39 Å². The second kappa shape index (κ2) is 11.9. The number of hydrogen-bond donors (Lipinski definition) is 2. The van der Waals surface area contributed by atoms with Crippen LogP contribution >= 0.6 is 24.0 Å². The summed E-state index contributed by atoms with van der Waals surface area (Å²) in [4.78, 5) is 6.23. The first-order valence-electron chi connectivity index (χ1n) is 8.91. The van der Waals surface area contributed by atoms with Gasteiger partial charge in [-0.1, -0.05) is 43.3 Å². The van der Waals surface area contributed by atoms with Crippen LogP contribution in [0.5, 0.6) is 0 Å². The highest BCUT2D eigenvalue weighted by atomic mass is 127. The zero-order valence-corrected chi connectivity index (χ0v) is 18.8. The molecule has 0 amide bonds. The van der Waals surface area contributed by atoms with Gasteiger partial charge >= 0.3 is 0 Å². The largest absolute Gasteiger partial charge is 0.356 e. The molecule has 6 heteroatoms. The highest BCUT2D eigenvalue weighted by Crippen LogP contribution is 2.13. The number of nitrogens with one attached hydrogen (secondary N) is 2. The molecule has 0 radical (unpaired) electrons. The quantitative estimate of drug-likeness (QED) is 0.355. The molecule has 0 aliphatic heterocycles. The van der Waals surface area contributed by atoms with Crippen LogP contribution in [0, 0.1) is 5.82 Å². The Balaban J connectivity index is 0.00000364. The summed E-state index contributed by atoms with van der Waals surface area (Å²) >= 11 is 0. The number of aliphatic imine (C=N–C) groups is 1. The molecule has 0 aromatic heterocycles. The summed E-state index contributed by atoms with van der Waals surface area (Å²) in [5.41, 5.74) is 3.03. The van der Waals surface area contributed by atoms with Gasteiger partial charge in [-0.15, -0.1) is 24.0 Å². The molecule has 2 rings (SSSR count). The molecule has 2 aromatic carbocycles. The zero-order valence-electron chi connectivity index (χ0n) is 16.5. The number of hydrogen-bond acceptors (Lipinski definition) is 2. The van der Waals surface area contributed by atoms with Crippen LogP contribution in [-0.4, -0.2) is 38.5 Å². The Hall–Kier alpha value is -1.67. The first-order chi connectivity index (χ1) is 12.5. The molecule has 0 aliphatic rings. The van der Waals surface area contributed by atoms with Gasteiger partial charge in [-0.25, -0.2) is 4.39 Å². The third-order valence-electron chi connectivity index (χ3n) is 4.22. The third kappa shape index (κ3) is 7.84. The maximum absolute atomic E-state index is 13.9. The Kier molecular flexibility index (Phi) is 10.3. The molecule has 0 spiro atoms. The molecule has 1 unspecified atom stereocenters. The average molecular weight is 484 g/mol. The van der Waals surface area contributed by atoms with Crippen LogP contribution in [0.25, 0.3) is 0 Å². The minimum atomic E-state index is -0.165. The topological polar surface area (TPSA) is 39.7 Å². The summed E-state index contributed by atoms with van der Waals surface area (Å²) in [5, 5.41) is 6.65. The molecular formula is C21H30FIN4.